The second kappa shape index (κ2) is 5.01. The number of ether oxygens (including phenoxy) is 1. The number of aromatic carboxylic acids is 1. The Balaban J connectivity index is 2.54. The van der Waals surface area contributed by atoms with Crippen molar-refractivity contribution < 1.29 is 14.6 Å². The van der Waals surface area contributed by atoms with Crippen molar-refractivity contribution in [2.75, 3.05) is 7.11 Å². The molecule has 0 atom stereocenters. The normalized spacial score (nSPS) is 10.6. The first kappa shape index (κ1) is 12.3. The van der Waals surface area contributed by atoms with Crippen molar-refractivity contribution in [1.29, 1.82) is 0 Å². The lowest BCUT2D eigenvalue weighted by atomic mass is 10.2. The summed E-state index contributed by atoms with van der Waals surface area (Å²) in [4.78, 5) is 11.1. The van der Waals surface area contributed by atoms with Crippen LogP contribution in [0.3, 0.4) is 0 Å². The summed E-state index contributed by atoms with van der Waals surface area (Å²) in [5.74, 6) is -0.999. The molecule has 94 valence electrons. The zero-order valence-electron chi connectivity index (χ0n) is 10.3. The maximum atomic E-state index is 11.1. The van der Waals surface area contributed by atoms with E-state index in [1.165, 1.54) is 13.3 Å². The van der Waals surface area contributed by atoms with Gasteiger partial charge in [-0.25, -0.2) is 9.48 Å². The summed E-state index contributed by atoms with van der Waals surface area (Å²) >= 11 is 0. The van der Waals surface area contributed by atoms with Crippen LogP contribution < -0.4 is 0 Å². The molecule has 0 unspecified atom stereocenters. The lowest BCUT2D eigenvalue weighted by molar-refractivity contribution is 0.0691. The predicted molar refractivity (Wildman–Crippen MR) is 66.0 cm³/mol. The van der Waals surface area contributed by atoms with Crippen LogP contribution in [0.5, 0.6) is 0 Å². The predicted octanol–water partition coefficient (Wildman–Crippen LogP) is 2.03. The first-order valence-electron chi connectivity index (χ1n) is 5.49. The fourth-order valence-electron chi connectivity index (χ4n) is 1.81. The molecule has 0 aliphatic carbocycles. The molecule has 0 aliphatic heterocycles. The molecule has 0 saturated heterocycles. The number of hydrogen-bond acceptors (Lipinski definition) is 3. The second-order valence-electron chi connectivity index (χ2n) is 3.99. The molecule has 2 rings (SSSR count). The van der Waals surface area contributed by atoms with E-state index in [4.69, 9.17) is 9.84 Å². The van der Waals surface area contributed by atoms with Crippen LogP contribution in [0.15, 0.2) is 30.5 Å². The third kappa shape index (κ3) is 2.26. The Morgan fingerprint density at radius 3 is 2.89 bits per heavy atom. The highest BCUT2D eigenvalue weighted by Crippen LogP contribution is 2.17. The minimum atomic E-state index is -0.999. The number of carboxylic acid groups (broad SMARTS) is 1. The monoisotopic (exact) mass is 246 g/mol. The quantitative estimate of drug-likeness (QED) is 0.896. The van der Waals surface area contributed by atoms with Gasteiger partial charge in [-0.15, -0.1) is 0 Å². The molecular weight excluding hydrogens is 232 g/mol. The smallest absolute Gasteiger partial charge is 0.339 e. The molecule has 0 spiro atoms. The molecule has 2 aromatic rings. The Bertz CT molecular complexity index is 575. The van der Waals surface area contributed by atoms with Gasteiger partial charge >= 0.3 is 5.97 Å². The molecule has 0 amide bonds. The van der Waals surface area contributed by atoms with E-state index in [0.29, 0.717) is 5.69 Å². The minimum absolute atomic E-state index is 0.165. The highest BCUT2D eigenvalue weighted by molar-refractivity contribution is 5.88. The molecule has 18 heavy (non-hydrogen) atoms. The molecule has 0 fully saturated rings. The summed E-state index contributed by atoms with van der Waals surface area (Å²) in [5.41, 5.74) is 2.62. The summed E-state index contributed by atoms with van der Waals surface area (Å²) in [7, 11) is 1.53. The van der Waals surface area contributed by atoms with Crippen LogP contribution in [0.4, 0.5) is 0 Å². The van der Waals surface area contributed by atoms with E-state index in [2.05, 4.69) is 5.10 Å². The average Bonchev–Trinajstić information content (AvgIpc) is 2.73. The van der Waals surface area contributed by atoms with E-state index >= 15 is 0 Å². The largest absolute Gasteiger partial charge is 0.478 e. The van der Waals surface area contributed by atoms with Crippen LogP contribution in [0.1, 0.15) is 21.6 Å². The molecule has 1 heterocycles. The van der Waals surface area contributed by atoms with Crippen LogP contribution in [0.2, 0.25) is 0 Å². The van der Waals surface area contributed by atoms with Gasteiger partial charge in [0.15, 0.2) is 0 Å². The summed E-state index contributed by atoms with van der Waals surface area (Å²) in [5, 5.41) is 13.2. The van der Waals surface area contributed by atoms with Crippen molar-refractivity contribution >= 4 is 5.97 Å². The van der Waals surface area contributed by atoms with Crippen LogP contribution in [0.25, 0.3) is 5.69 Å². The first-order valence-corrected chi connectivity index (χ1v) is 5.49. The Labute approximate surface area is 105 Å². The number of carbonyl (C=O) groups is 1. The molecule has 5 nitrogen and oxygen atoms in total. The zero-order chi connectivity index (χ0) is 13.1. The standard InChI is InChI=1S/C13H14N2O3/c1-9-4-3-5-10(6-9)15-12(8-18-2)11(7-14-15)13(16)17/h3-7H,8H2,1-2H3,(H,16,17). The summed E-state index contributed by atoms with van der Waals surface area (Å²) in [6, 6.07) is 7.70. The Kier molecular flexibility index (Phi) is 3.43. The van der Waals surface area contributed by atoms with Crippen LogP contribution in [-0.2, 0) is 11.3 Å². The van der Waals surface area contributed by atoms with E-state index < -0.39 is 5.97 Å². The van der Waals surface area contributed by atoms with E-state index in [1.807, 2.05) is 31.2 Å². The molecule has 1 aromatic heterocycles. The third-order valence-corrected chi connectivity index (χ3v) is 2.63. The lowest BCUT2D eigenvalue weighted by Crippen LogP contribution is -2.07. The molecular formula is C13H14N2O3. The van der Waals surface area contributed by atoms with Gasteiger partial charge in [0, 0.05) is 7.11 Å². The molecule has 0 aliphatic rings. The summed E-state index contributed by atoms with van der Waals surface area (Å²) < 4.78 is 6.64. The summed E-state index contributed by atoms with van der Waals surface area (Å²) in [6.45, 7) is 2.18. The number of rotatable bonds is 4. The van der Waals surface area contributed by atoms with Crippen LogP contribution >= 0.6 is 0 Å². The van der Waals surface area contributed by atoms with Crippen molar-refractivity contribution in [3.8, 4) is 5.69 Å². The average molecular weight is 246 g/mol. The fourth-order valence-corrected chi connectivity index (χ4v) is 1.81. The highest BCUT2D eigenvalue weighted by atomic mass is 16.5. The van der Waals surface area contributed by atoms with Crippen molar-refractivity contribution in [3.63, 3.8) is 0 Å². The SMILES string of the molecule is COCc1c(C(=O)O)cnn1-c1cccc(C)c1. The first-order chi connectivity index (χ1) is 8.63. The highest BCUT2D eigenvalue weighted by Gasteiger charge is 2.17. The second-order valence-corrected chi connectivity index (χ2v) is 3.99. The van der Waals surface area contributed by atoms with Gasteiger partial charge in [0.2, 0.25) is 0 Å². The van der Waals surface area contributed by atoms with Gasteiger partial charge in [0.1, 0.15) is 5.56 Å². The Hall–Kier alpha value is -2.14. The summed E-state index contributed by atoms with van der Waals surface area (Å²) in [6.07, 6.45) is 1.35. The molecule has 1 N–H and O–H groups in total. The minimum Gasteiger partial charge on any atom is -0.478 e. The van der Waals surface area contributed by atoms with Crippen molar-refractivity contribution in [2.24, 2.45) is 0 Å². The number of methoxy groups -OCH3 is 1. The van der Waals surface area contributed by atoms with Crippen LogP contribution in [0, 0.1) is 6.92 Å². The lowest BCUT2D eigenvalue weighted by Gasteiger charge is -2.08. The van der Waals surface area contributed by atoms with E-state index in [0.717, 1.165) is 11.3 Å². The van der Waals surface area contributed by atoms with Gasteiger partial charge in [0.05, 0.1) is 24.2 Å². The number of benzene rings is 1. The molecule has 0 bridgehead atoms. The Morgan fingerprint density at radius 2 is 2.28 bits per heavy atom. The molecule has 1 aromatic carbocycles. The van der Waals surface area contributed by atoms with Gasteiger partial charge in [-0.1, -0.05) is 12.1 Å². The van der Waals surface area contributed by atoms with E-state index in [-0.39, 0.29) is 12.2 Å². The molecule has 0 saturated carbocycles. The topological polar surface area (TPSA) is 64.3 Å². The van der Waals surface area contributed by atoms with Crippen molar-refractivity contribution in [1.82, 2.24) is 9.78 Å². The maximum Gasteiger partial charge on any atom is 0.339 e. The van der Waals surface area contributed by atoms with Gasteiger partial charge in [-0.2, -0.15) is 5.10 Å². The number of aryl methyl sites for hydroxylation is 1. The Morgan fingerprint density at radius 1 is 1.50 bits per heavy atom. The van der Waals surface area contributed by atoms with Gasteiger partial charge < -0.3 is 9.84 Å². The van der Waals surface area contributed by atoms with E-state index in [9.17, 15) is 4.79 Å². The third-order valence-electron chi connectivity index (χ3n) is 2.63. The number of nitrogens with zero attached hydrogens (tertiary/aromatic N) is 2. The molecule has 5 heteroatoms. The van der Waals surface area contributed by atoms with Crippen molar-refractivity contribution in [3.05, 3.63) is 47.3 Å². The van der Waals surface area contributed by atoms with Gasteiger partial charge in [-0.05, 0) is 24.6 Å². The number of carboxylic acids is 1. The van der Waals surface area contributed by atoms with E-state index in [1.54, 1.807) is 4.68 Å². The van der Waals surface area contributed by atoms with Crippen LogP contribution in [-0.4, -0.2) is 28.0 Å². The van der Waals surface area contributed by atoms with Gasteiger partial charge in [-0.3, -0.25) is 0 Å². The number of aromatic nitrogens is 2. The van der Waals surface area contributed by atoms with Crippen molar-refractivity contribution in [2.45, 2.75) is 13.5 Å². The van der Waals surface area contributed by atoms with Gasteiger partial charge in [0.25, 0.3) is 0 Å². The maximum absolute atomic E-state index is 11.1. The number of hydrogen-bond donors (Lipinski definition) is 1. The fraction of sp³-hybridized carbons (Fsp3) is 0.231. The molecule has 0 radical (unpaired) electrons. The zero-order valence-corrected chi connectivity index (χ0v) is 10.3.